The van der Waals surface area contributed by atoms with Crippen molar-refractivity contribution in [1.29, 1.82) is 0 Å². The van der Waals surface area contributed by atoms with E-state index >= 15 is 0 Å². The molecule has 15 atom stereocenters. The number of phenols is 5. The zero-order chi connectivity index (χ0) is 59.1. The monoisotopic (exact) mass is 1150 g/mol. The standard InChI is InChI=1S/C54H54O28/c55-26-8-1-23(2-9-26)5-13-39(62)73-20-35-42(65)46(69)49(72)53(80-35)82-51-47(70)44(67)37(21-74-40(63)14-6-24-3-10-27(56)11-4-24)81-54(51)78-34-18-29-32(76-50(34)25-7-12-30(58)31(59)15-25)16-28(57)17-33(29)77-52-48(71)45(68)43(66)36(79-52)22-75-41(64)19-38(60)61/h1-18,35-37,42-49,51-54,65-72H,19-22H2,(H5-,55,56,57,58,59,60,61,62,63)/p+1. The van der Waals surface area contributed by atoms with E-state index < -0.39 is 171 Å². The van der Waals surface area contributed by atoms with Gasteiger partial charge in [-0.05, 0) is 59.7 Å². The number of rotatable bonds is 19. The molecule has 3 fully saturated rings. The second-order valence-corrected chi connectivity index (χ2v) is 18.8. The van der Waals surface area contributed by atoms with Crippen LogP contribution in [0, 0.1) is 0 Å². The second kappa shape index (κ2) is 26.1. The van der Waals surface area contributed by atoms with Crippen molar-refractivity contribution in [3.8, 4) is 51.6 Å². The Hall–Kier alpha value is -8.23. The number of aliphatic hydroxyl groups excluding tert-OH is 8. The maximum absolute atomic E-state index is 13.0. The van der Waals surface area contributed by atoms with Gasteiger partial charge in [-0.3, -0.25) is 9.59 Å². The molecule has 0 aliphatic carbocycles. The first-order valence-corrected chi connectivity index (χ1v) is 24.7. The van der Waals surface area contributed by atoms with E-state index in [9.17, 15) is 85.6 Å². The van der Waals surface area contributed by atoms with Gasteiger partial charge in [0.05, 0.1) is 11.6 Å². The molecule has 0 amide bonds. The molecule has 15 unspecified atom stereocenters. The number of aliphatic hydroxyl groups is 8. The predicted molar refractivity (Wildman–Crippen MR) is 271 cm³/mol. The normalized spacial score (nSPS) is 28.4. The zero-order valence-electron chi connectivity index (χ0n) is 42.4. The van der Waals surface area contributed by atoms with Gasteiger partial charge in [0.25, 0.3) is 0 Å². The summed E-state index contributed by atoms with van der Waals surface area (Å²) in [5.74, 6) is -7.96. The van der Waals surface area contributed by atoms with Crippen LogP contribution in [0.4, 0.5) is 0 Å². The maximum Gasteiger partial charge on any atom is 0.402 e. The first-order valence-electron chi connectivity index (χ1n) is 24.7. The Morgan fingerprint density at radius 3 is 1.55 bits per heavy atom. The number of carboxylic acids is 1. The van der Waals surface area contributed by atoms with Gasteiger partial charge in [-0.25, -0.2) is 14.0 Å². The number of aromatic hydroxyl groups is 5. The Morgan fingerprint density at radius 2 is 1.00 bits per heavy atom. The van der Waals surface area contributed by atoms with Crippen LogP contribution in [0.1, 0.15) is 17.5 Å². The Balaban J connectivity index is 1.13. The molecule has 82 heavy (non-hydrogen) atoms. The van der Waals surface area contributed by atoms with Gasteiger partial charge in [0, 0.05) is 30.4 Å². The lowest BCUT2D eigenvalue weighted by molar-refractivity contribution is -0.358. The Bertz CT molecular complexity index is 3130. The number of aliphatic carboxylic acids is 1. The van der Waals surface area contributed by atoms with Gasteiger partial charge in [-0.2, -0.15) is 0 Å². The summed E-state index contributed by atoms with van der Waals surface area (Å²) in [5.41, 5.74) is 0.610. The van der Waals surface area contributed by atoms with Gasteiger partial charge in [0.2, 0.25) is 18.3 Å². The van der Waals surface area contributed by atoms with Gasteiger partial charge < -0.3 is 114 Å². The smallest absolute Gasteiger partial charge is 0.402 e. The summed E-state index contributed by atoms with van der Waals surface area (Å²) in [5, 5.41) is 149. The van der Waals surface area contributed by atoms with E-state index in [2.05, 4.69) is 0 Å². The van der Waals surface area contributed by atoms with Crippen LogP contribution in [-0.4, -0.2) is 207 Å². The molecule has 5 aromatic rings. The average Bonchev–Trinajstić information content (AvgIpc) is 2.58. The number of hydrogen-bond donors (Lipinski definition) is 14. The van der Waals surface area contributed by atoms with Crippen molar-refractivity contribution in [2.75, 3.05) is 19.8 Å². The molecular formula is C54H55O28+. The molecule has 4 aromatic carbocycles. The van der Waals surface area contributed by atoms with Crippen molar-refractivity contribution in [2.45, 2.75) is 98.5 Å². The molecule has 4 heterocycles. The first-order chi connectivity index (χ1) is 39.0. The van der Waals surface area contributed by atoms with Crippen molar-refractivity contribution in [3.63, 3.8) is 0 Å². The number of carboxylic acid groups (broad SMARTS) is 1. The highest BCUT2D eigenvalue weighted by molar-refractivity contribution is 5.91. The van der Waals surface area contributed by atoms with E-state index in [0.29, 0.717) is 11.1 Å². The van der Waals surface area contributed by atoms with Crippen LogP contribution in [0.5, 0.6) is 40.2 Å². The number of carbonyl (C=O) groups excluding carboxylic acids is 3. The van der Waals surface area contributed by atoms with Crippen LogP contribution >= 0.6 is 0 Å². The topological polar surface area (TPSA) is 446 Å². The summed E-state index contributed by atoms with van der Waals surface area (Å²) in [6.07, 6.45) is -26.1. The minimum atomic E-state index is -2.19. The third kappa shape index (κ3) is 14.4. The van der Waals surface area contributed by atoms with E-state index in [1.165, 1.54) is 66.7 Å². The van der Waals surface area contributed by atoms with Crippen molar-refractivity contribution in [3.05, 3.63) is 108 Å². The molecule has 28 heteroatoms. The lowest BCUT2D eigenvalue weighted by Crippen LogP contribution is -2.65. The minimum absolute atomic E-state index is 0.0271. The van der Waals surface area contributed by atoms with Crippen LogP contribution in [0.15, 0.2) is 101 Å². The van der Waals surface area contributed by atoms with E-state index in [-0.39, 0.29) is 33.8 Å². The summed E-state index contributed by atoms with van der Waals surface area (Å²) >= 11 is 0. The van der Waals surface area contributed by atoms with Gasteiger partial charge in [0.15, 0.2) is 23.9 Å². The summed E-state index contributed by atoms with van der Waals surface area (Å²) in [7, 11) is 0. The van der Waals surface area contributed by atoms with E-state index in [1.807, 2.05) is 0 Å². The predicted octanol–water partition coefficient (Wildman–Crippen LogP) is -0.355. The van der Waals surface area contributed by atoms with E-state index in [0.717, 1.165) is 42.5 Å². The Labute approximate surface area is 461 Å². The molecule has 28 nitrogen and oxygen atoms in total. The maximum atomic E-state index is 13.0. The Kier molecular flexibility index (Phi) is 19.1. The summed E-state index contributed by atoms with van der Waals surface area (Å²) in [6.45, 7) is -2.42. The lowest BCUT2D eigenvalue weighted by Gasteiger charge is -2.45. The first kappa shape index (κ1) is 59.9. The number of ether oxygens (including phenoxy) is 9. The molecule has 0 bridgehead atoms. The second-order valence-electron chi connectivity index (χ2n) is 18.8. The van der Waals surface area contributed by atoms with Gasteiger partial charge >= 0.3 is 35.2 Å². The molecule has 0 saturated carbocycles. The Morgan fingerprint density at radius 1 is 0.500 bits per heavy atom. The molecule has 14 N–H and O–H groups in total. The highest BCUT2D eigenvalue weighted by atomic mass is 16.8. The highest BCUT2D eigenvalue weighted by Gasteiger charge is 2.53. The molecule has 1 aromatic heterocycles. The molecule has 0 radical (unpaired) electrons. The molecule has 3 aliphatic heterocycles. The molecule has 3 saturated heterocycles. The number of hydrogen-bond acceptors (Lipinski definition) is 26. The number of esters is 3. The van der Waals surface area contributed by atoms with Crippen LogP contribution in [-0.2, 0) is 52.3 Å². The van der Waals surface area contributed by atoms with Crippen LogP contribution in [0.25, 0.3) is 34.4 Å². The van der Waals surface area contributed by atoms with Crippen molar-refractivity contribution in [2.24, 2.45) is 0 Å². The third-order valence-corrected chi connectivity index (χ3v) is 12.9. The largest absolute Gasteiger partial charge is 0.508 e. The van der Waals surface area contributed by atoms with E-state index in [4.69, 9.17) is 52.2 Å². The molecule has 0 spiro atoms. The molecular weight excluding hydrogens is 1100 g/mol. The van der Waals surface area contributed by atoms with Gasteiger partial charge in [0.1, 0.15) is 122 Å². The minimum Gasteiger partial charge on any atom is -0.508 e. The van der Waals surface area contributed by atoms with E-state index in [1.54, 1.807) is 0 Å². The fourth-order valence-corrected chi connectivity index (χ4v) is 8.50. The molecule has 8 rings (SSSR count). The SMILES string of the molecule is O=C(O)CC(=O)OCC1OC(Oc2cc(O)cc3[o+]c(-c4ccc(O)c(O)c4)c(OC4OC(COC(=O)C=Cc5ccc(O)cc5)C(O)C(O)C4OC4OC(COC(=O)C=Cc5ccc(O)cc5)C(O)C(O)C4O)cc23)C(O)C(O)C1O. The lowest BCUT2D eigenvalue weighted by atomic mass is 9.97. The summed E-state index contributed by atoms with van der Waals surface area (Å²) < 4.78 is 57.6. The number of carbonyl (C=O) groups is 4. The molecule has 3 aliphatic rings. The van der Waals surface area contributed by atoms with Crippen LogP contribution in [0.2, 0.25) is 0 Å². The third-order valence-electron chi connectivity index (χ3n) is 12.9. The summed E-state index contributed by atoms with van der Waals surface area (Å²) in [6, 6.07) is 17.9. The molecule has 438 valence electrons. The highest BCUT2D eigenvalue weighted by Crippen LogP contribution is 2.44. The zero-order valence-corrected chi connectivity index (χ0v) is 42.4. The fraction of sp³-hybridized carbons (Fsp3) is 0.352. The number of benzene rings is 4. The van der Waals surface area contributed by atoms with Crippen LogP contribution in [0.3, 0.4) is 0 Å². The number of fused-ring (bicyclic) bond motifs is 1. The van der Waals surface area contributed by atoms with Gasteiger partial charge in [-0.15, -0.1) is 0 Å². The van der Waals surface area contributed by atoms with Crippen molar-refractivity contribution >= 4 is 47.0 Å². The van der Waals surface area contributed by atoms with Gasteiger partial charge in [-0.1, -0.05) is 24.3 Å². The quantitative estimate of drug-likeness (QED) is 0.0125. The van der Waals surface area contributed by atoms with Crippen molar-refractivity contribution < 1.29 is 138 Å². The number of phenolic OH excluding ortho intramolecular Hbond substituents is 5. The van der Waals surface area contributed by atoms with Crippen LogP contribution < -0.4 is 9.47 Å². The average molecular weight is 1150 g/mol. The summed E-state index contributed by atoms with van der Waals surface area (Å²) in [4.78, 5) is 48.7. The van der Waals surface area contributed by atoms with Crippen molar-refractivity contribution in [1.82, 2.24) is 0 Å². The fourth-order valence-electron chi connectivity index (χ4n) is 8.50.